The van der Waals surface area contributed by atoms with Gasteiger partial charge in [-0.1, -0.05) is 6.42 Å². The minimum absolute atomic E-state index is 0.303. The molecule has 1 saturated heterocycles. The van der Waals surface area contributed by atoms with Crippen molar-refractivity contribution in [2.24, 2.45) is 0 Å². The van der Waals surface area contributed by atoms with Crippen molar-refractivity contribution in [3.8, 4) is 5.88 Å². The van der Waals surface area contributed by atoms with Crippen LogP contribution in [0.5, 0.6) is 5.88 Å². The summed E-state index contributed by atoms with van der Waals surface area (Å²) >= 11 is 0. The summed E-state index contributed by atoms with van der Waals surface area (Å²) in [6.45, 7) is 5.76. The van der Waals surface area contributed by atoms with Gasteiger partial charge in [0.05, 0.1) is 24.1 Å². The van der Waals surface area contributed by atoms with Crippen molar-refractivity contribution in [1.82, 2.24) is 9.88 Å². The van der Waals surface area contributed by atoms with Crippen molar-refractivity contribution in [2.45, 2.75) is 26.2 Å². The van der Waals surface area contributed by atoms with E-state index in [2.05, 4.69) is 9.88 Å². The predicted molar refractivity (Wildman–Crippen MR) is 80.4 cm³/mol. The minimum Gasteiger partial charge on any atom is -0.476 e. The van der Waals surface area contributed by atoms with Gasteiger partial charge in [-0.2, -0.15) is 0 Å². The minimum atomic E-state index is -0.446. The second-order valence-corrected chi connectivity index (χ2v) is 5.08. The molecule has 1 aromatic rings. The predicted octanol–water partition coefficient (Wildman–Crippen LogP) is 1.71. The zero-order chi connectivity index (χ0) is 15.1. The average molecular weight is 293 g/mol. The number of likely N-dealkylation sites (tertiary alicyclic amines) is 1. The summed E-state index contributed by atoms with van der Waals surface area (Å²) in [5, 5.41) is 0. The summed E-state index contributed by atoms with van der Waals surface area (Å²) in [6, 6.07) is 1.55. The van der Waals surface area contributed by atoms with E-state index in [-0.39, 0.29) is 0 Å². The molecule has 0 spiro atoms. The average Bonchev–Trinajstić information content (AvgIpc) is 2.50. The van der Waals surface area contributed by atoms with Gasteiger partial charge in [-0.25, -0.2) is 9.78 Å². The highest BCUT2D eigenvalue weighted by Gasteiger charge is 2.14. The van der Waals surface area contributed by atoms with E-state index in [0.29, 0.717) is 30.3 Å². The lowest BCUT2D eigenvalue weighted by molar-refractivity contribution is 0.0527. The topological polar surface area (TPSA) is 77.7 Å². The van der Waals surface area contributed by atoms with Gasteiger partial charge in [-0.15, -0.1) is 0 Å². The van der Waals surface area contributed by atoms with Gasteiger partial charge in [0.25, 0.3) is 0 Å². The van der Waals surface area contributed by atoms with E-state index in [4.69, 9.17) is 15.2 Å². The van der Waals surface area contributed by atoms with Gasteiger partial charge >= 0.3 is 5.97 Å². The Hall–Kier alpha value is -1.82. The van der Waals surface area contributed by atoms with Crippen LogP contribution in [-0.2, 0) is 4.74 Å². The number of nitrogens with two attached hydrogens (primary N) is 1. The van der Waals surface area contributed by atoms with Crippen LogP contribution in [0.1, 0.15) is 36.5 Å². The highest BCUT2D eigenvalue weighted by Crippen LogP contribution is 2.18. The number of carbonyl (C=O) groups is 1. The third kappa shape index (κ3) is 4.60. The van der Waals surface area contributed by atoms with Crippen LogP contribution in [0.25, 0.3) is 0 Å². The normalized spacial score (nSPS) is 15.7. The number of carbonyl (C=O) groups excluding carboxylic acids is 1. The molecule has 6 nitrogen and oxygen atoms in total. The molecule has 116 valence electrons. The second kappa shape index (κ2) is 7.83. The number of nitrogens with zero attached hydrogens (tertiary/aromatic N) is 2. The second-order valence-electron chi connectivity index (χ2n) is 5.08. The van der Waals surface area contributed by atoms with Gasteiger partial charge in [0.2, 0.25) is 5.88 Å². The summed E-state index contributed by atoms with van der Waals surface area (Å²) < 4.78 is 10.6. The van der Waals surface area contributed by atoms with E-state index in [0.717, 1.165) is 19.6 Å². The molecule has 1 aliphatic heterocycles. The molecule has 2 heterocycles. The number of anilines is 1. The van der Waals surface area contributed by atoms with Crippen LogP contribution in [0.2, 0.25) is 0 Å². The van der Waals surface area contributed by atoms with Crippen molar-refractivity contribution in [2.75, 3.05) is 38.6 Å². The summed E-state index contributed by atoms with van der Waals surface area (Å²) in [6.07, 6.45) is 5.27. The zero-order valence-electron chi connectivity index (χ0n) is 12.5. The standard InChI is InChI=1S/C15H23N3O3/c1-2-20-15(19)12-10-14(17-11-13(12)16)21-9-8-18-6-4-3-5-7-18/h10-11H,2-9,16H2,1H3. The Kier molecular flexibility index (Phi) is 5.80. The molecule has 0 saturated carbocycles. The molecule has 0 amide bonds. The Morgan fingerprint density at radius 1 is 1.38 bits per heavy atom. The number of hydrogen-bond acceptors (Lipinski definition) is 6. The molecule has 1 fully saturated rings. The van der Waals surface area contributed by atoms with Gasteiger partial charge in [0.15, 0.2) is 0 Å². The van der Waals surface area contributed by atoms with Gasteiger partial charge in [-0.3, -0.25) is 4.90 Å². The summed E-state index contributed by atoms with van der Waals surface area (Å²) in [5.74, 6) is -0.0393. The van der Waals surface area contributed by atoms with Crippen LogP contribution in [0.15, 0.2) is 12.3 Å². The molecular formula is C15H23N3O3. The highest BCUT2D eigenvalue weighted by molar-refractivity contribution is 5.95. The molecule has 6 heteroatoms. The molecule has 0 atom stereocenters. The first-order valence-corrected chi connectivity index (χ1v) is 7.48. The molecule has 2 rings (SSSR count). The Balaban J connectivity index is 1.88. The maximum atomic E-state index is 11.7. The largest absolute Gasteiger partial charge is 0.476 e. The number of rotatable bonds is 6. The Bertz CT molecular complexity index is 473. The molecule has 2 N–H and O–H groups in total. The lowest BCUT2D eigenvalue weighted by Gasteiger charge is -2.26. The van der Waals surface area contributed by atoms with Gasteiger partial charge in [-0.05, 0) is 32.9 Å². The number of nitrogen functional groups attached to an aromatic ring is 1. The molecular weight excluding hydrogens is 270 g/mol. The fraction of sp³-hybridized carbons (Fsp3) is 0.600. The number of piperidine rings is 1. The van der Waals surface area contributed by atoms with Crippen LogP contribution in [-0.4, -0.2) is 48.7 Å². The van der Waals surface area contributed by atoms with Crippen LogP contribution in [0.3, 0.4) is 0 Å². The number of pyridine rings is 1. The molecule has 0 bridgehead atoms. The summed E-state index contributed by atoms with van der Waals surface area (Å²) in [5.41, 5.74) is 6.35. The molecule has 1 aromatic heterocycles. The van der Waals surface area contributed by atoms with Crippen LogP contribution in [0, 0.1) is 0 Å². The maximum absolute atomic E-state index is 11.7. The van der Waals surface area contributed by atoms with E-state index < -0.39 is 5.97 Å². The van der Waals surface area contributed by atoms with E-state index in [1.54, 1.807) is 13.0 Å². The summed E-state index contributed by atoms with van der Waals surface area (Å²) in [7, 11) is 0. The van der Waals surface area contributed by atoms with E-state index in [1.165, 1.54) is 25.5 Å². The molecule has 0 aromatic carbocycles. The third-order valence-corrected chi connectivity index (χ3v) is 3.51. The molecule has 0 radical (unpaired) electrons. The number of ether oxygens (including phenoxy) is 2. The fourth-order valence-electron chi connectivity index (χ4n) is 2.37. The number of hydrogen-bond donors (Lipinski definition) is 1. The third-order valence-electron chi connectivity index (χ3n) is 3.51. The van der Waals surface area contributed by atoms with Crippen molar-refractivity contribution in [3.05, 3.63) is 17.8 Å². The SMILES string of the molecule is CCOC(=O)c1cc(OCCN2CCCCC2)ncc1N. The Morgan fingerprint density at radius 3 is 2.86 bits per heavy atom. The van der Waals surface area contributed by atoms with Crippen LogP contribution in [0.4, 0.5) is 5.69 Å². The van der Waals surface area contributed by atoms with Gasteiger partial charge in [0, 0.05) is 12.6 Å². The lowest BCUT2D eigenvalue weighted by atomic mass is 10.1. The molecule has 21 heavy (non-hydrogen) atoms. The van der Waals surface area contributed by atoms with Gasteiger partial charge < -0.3 is 15.2 Å². The first-order valence-electron chi connectivity index (χ1n) is 7.48. The molecule has 1 aliphatic rings. The van der Waals surface area contributed by atoms with Crippen molar-refractivity contribution in [3.63, 3.8) is 0 Å². The van der Waals surface area contributed by atoms with E-state index in [1.807, 2.05) is 0 Å². The first-order chi connectivity index (χ1) is 10.2. The van der Waals surface area contributed by atoms with Crippen LogP contribution < -0.4 is 10.5 Å². The Morgan fingerprint density at radius 2 is 2.14 bits per heavy atom. The smallest absolute Gasteiger partial charge is 0.340 e. The number of esters is 1. The van der Waals surface area contributed by atoms with Gasteiger partial charge in [0.1, 0.15) is 6.61 Å². The zero-order valence-corrected chi connectivity index (χ0v) is 12.5. The molecule has 0 unspecified atom stereocenters. The van der Waals surface area contributed by atoms with Crippen molar-refractivity contribution < 1.29 is 14.3 Å². The monoisotopic (exact) mass is 293 g/mol. The quantitative estimate of drug-likeness (QED) is 0.804. The lowest BCUT2D eigenvalue weighted by Crippen LogP contribution is -2.33. The van der Waals surface area contributed by atoms with E-state index >= 15 is 0 Å². The van der Waals surface area contributed by atoms with Crippen molar-refractivity contribution >= 4 is 11.7 Å². The Labute approximate surface area is 125 Å². The van der Waals surface area contributed by atoms with Crippen LogP contribution >= 0.6 is 0 Å². The summed E-state index contributed by atoms with van der Waals surface area (Å²) in [4.78, 5) is 18.2. The fourth-order valence-corrected chi connectivity index (χ4v) is 2.37. The molecule has 0 aliphatic carbocycles. The highest BCUT2D eigenvalue weighted by atomic mass is 16.5. The van der Waals surface area contributed by atoms with E-state index in [9.17, 15) is 4.79 Å². The maximum Gasteiger partial charge on any atom is 0.340 e. The first kappa shape index (κ1) is 15.6. The number of aromatic nitrogens is 1. The van der Waals surface area contributed by atoms with Crippen molar-refractivity contribution in [1.29, 1.82) is 0 Å².